The molecule has 9 heteroatoms. The zero-order valence-corrected chi connectivity index (χ0v) is 22.4. The van der Waals surface area contributed by atoms with Crippen molar-refractivity contribution < 1.29 is 24.6 Å². The Balaban J connectivity index is 0.000000689. The molecule has 2 aliphatic heterocycles. The number of piperidine rings is 1. The number of oxime groups is 1. The molecule has 0 unspecified atom stereocenters. The van der Waals surface area contributed by atoms with Crippen LogP contribution in [0.1, 0.15) is 72.1 Å². The number of carbonyl (C=O) groups is 2. The number of aliphatic carboxylic acids is 1. The second kappa shape index (κ2) is 10.4. The van der Waals surface area contributed by atoms with E-state index in [-0.39, 0.29) is 11.2 Å². The third-order valence-electron chi connectivity index (χ3n) is 7.61. The number of hydrogen-bond donors (Lipinski definition) is 2. The van der Waals surface area contributed by atoms with Crippen LogP contribution in [0.3, 0.4) is 0 Å². The minimum Gasteiger partial charge on any atom is -0.481 e. The molecular weight excluding hydrogens is 506 g/mol. The van der Waals surface area contributed by atoms with Crippen molar-refractivity contribution in [2.45, 2.75) is 64.1 Å². The van der Waals surface area contributed by atoms with Gasteiger partial charge in [-0.25, -0.2) is 4.79 Å². The fourth-order valence-corrected chi connectivity index (χ4v) is 5.75. The predicted molar refractivity (Wildman–Crippen MR) is 146 cm³/mol. The van der Waals surface area contributed by atoms with Crippen molar-refractivity contribution in [2.75, 3.05) is 13.1 Å². The van der Waals surface area contributed by atoms with Gasteiger partial charge in [0.2, 0.25) is 0 Å². The molecule has 1 spiro atoms. The number of benzene rings is 2. The molecule has 1 saturated heterocycles. The van der Waals surface area contributed by atoms with E-state index in [0.29, 0.717) is 6.04 Å². The molecule has 2 aromatic carbocycles. The van der Waals surface area contributed by atoms with E-state index in [2.05, 4.69) is 33.8 Å². The summed E-state index contributed by atoms with van der Waals surface area (Å²) >= 11 is 6.69. The number of aromatic nitrogens is 1. The molecule has 2 fully saturated rings. The molecule has 6 rings (SSSR count). The largest absolute Gasteiger partial charge is 0.481 e. The van der Waals surface area contributed by atoms with Gasteiger partial charge in [-0.2, -0.15) is 0 Å². The average molecular weight is 538 g/mol. The summed E-state index contributed by atoms with van der Waals surface area (Å²) in [4.78, 5) is 28.6. The summed E-state index contributed by atoms with van der Waals surface area (Å²) in [7, 11) is 0. The third kappa shape index (κ3) is 5.42. The standard InChI is InChI=1S/C27H28ClN3O3.C2H4O2/c1-17-2-9-22(28)24-20(16-31(25(17)24)21-7-8-21)15-30-12-10-27(11-13-30)14-23(29-34-27)18-3-5-19(6-4-18)26(32)33;1-2(3)4/h2-6,9,16,21H,7-8,10-15H2,1H3,(H,32,33);1H3,(H,3,4). The van der Waals surface area contributed by atoms with Gasteiger partial charge in [0.15, 0.2) is 0 Å². The summed E-state index contributed by atoms with van der Waals surface area (Å²) in [6.45, 7) is 6.04. The number of halogens is 1. The van der Waals surface area contributed by atoms with Crippen molar-refractivity contribution in [1.82, 2.24) is 9.47 Å². The van der Waals surface area contributed by atoms with Gasteiger partial charge in [-0.15, -0.1) is 0 Å². The van der Waals surface area contributed by atoms with Gasteiger partial charge in [0.25, 0.3) is 5.97 Å². The fraction of sp³-hybridized carbons (Fsp3) is 0.414. The SMILES string of the molecule is CC(=O)O.Cc1ccc(Cl)c2c(CN3CCC4(CC3)CC(c3ccc(C(=O)O)cc3)=NO4)cn(C3CC3)c12. The lowest BCUT2D eigenvalue weighted by molar-refractivity contribution is -0.134. The monoisotopic (exact) mass is 537 g/mol. The van der Waals surface area contributed by atoms with Crippen molar-refractivity contribution >= 4 is 40.2 Å². The van der Waals surface area contributed by atoms with Crippen LogP contribution >= 0.6 is 11.6 Å². The molecule has 8 nitrogen and oxygen atoms in total. The van der Waals surface area contributed by atoms with Gasteiger partial charge >= 0.3 is 5.97 Å². The van der Waals surface area contributed by atoms with Crippen LogP contribution in [0, 0.1) is 6.92 Å². The molecular formula is C29H32ClN3O5. The van der Waals surface area contributed by atoms with E-state index in [1.54, 1.807) is 12.1 Å². The van der Waals surface area contributed by atoms with E-state index in [0.717, 1.165) is 62.1 Å². The van der Waals surface area contributed by atoms with E-state index in [4.69, 9.17) is 31.4 Å². The fourth-order valence-electron chi connectivity index (χ4n) is 5.48. The minimum atomic E-state index is -0.920. The molecule has 1 saturated carbocycles. The van der Waals surface area contributed by atoms with Gasteiger partial charge < -0.3 is 19.6 Å². The molecule has 38 heavy (non-hydrogen) atoms. The lowest BCUT2D eigenvalue weighted by atomic mass is 9.85. The van der Waals surface area contributed by atoms with Crippen LogP contribution < -0.4 is 0 Å². The summed E-state index contributed by atoms with van der Waals surface area (Å²) in [6.07, 6.45) is 7.43. The number of fused-ring (bicyclic) bond motifs is 1. The van der Waals surface area contributed by atoms with Gasteiger partial charge in [0, 0.05) is 63.4 Å². The summed E-state index contributed by atoms with van der Waals surface area (Å²) in [5.74, 6) is -1.75. The highest BCUT2D eigenvalue weighted by molar-refractivity contribution is 6.35. The number of aryl methyl sites for hydroxylation is 1. The Morgan fingerprint density at radius 3 is 2.37 bits per heavy atom. The minimum absolute atomic E-state index is 0.256. The van der Waals surface area contributed by atoms with Crippen LogP contribution in [-0.4, -0.2) is 56.0 Å². The summed E-state index contributed by atoms with van der Waals surface area (Å²) in [5, 5.41) is 23.0. The Morgan fingerprint density at radius 1 is 1.11 bits per heavy atom. The lowest BCUT2D eigenvalue weighted by Crippen LogP contribution is -2.44. The maximum absolute atomic E-state index is 11.1. The molecule has 3 aliphatic rings. The van der Waals surface area contributed by atoms with E-state index in [1.807, 2.05) is 18.2 Å². The maximum atomic E-state index is 11.1. The zero-order valence-electron chi connectivity index (χ0n) is 21.6. The number of carboxylic acids is 2. The van der Waals surface area contributed by atoms with Crippen LogP contribution in [0.4, 0.5) is 0 Å². The lowest BCUT2D eigenvalue weighted by Gasteiger charge is -2.37. The quantitative estimate of drug-likeness (QED) is 0.421. The summed E-state index contributed by atoms with van der Waals surface area (Å²) in [6, 6.07) is 11.7. The predicted octanol–water partition coefficient (Wildman–Crippen LogP) is 5.89. The van der Waals surface area contributed by atoms with Crippen LogP contribution in [0.15, 0.2) is 47.8 Å². The molecule has 3 heterocycles. The molecule has 0 radical (unpaired) electrons. The van der Waals surface area contributed by atoms with E-state index >= 15 is 0 Å². The van der Waals surface area contributed by atoms with Crippen LogP contribution in [0.25, 0.3) is 10.9 Å². The van der Waals surface area contributed by atoms with Crippen molar-refractivity contribution in [3.8, 4) is 0 Å². The van der Waals surface area contributed by atoms with Crippen molar-refractivity contribution in [1.29, 1.82) is 0 Å². The highest BCUT2D eigenvalue weighted by Gasteiger charge is 2.42. The highest BCUT2D eigenvalue weighted by atomic mass is 35.5. The van der Waals surface area contributed by atoms with Crippen LogP contribution in [0.5, 0.6) is 0 Å². The number of likely N-dealkylation sites (tertiary alicyclic amines) is 1. The Labute approximate surface area is 226 Å². The molecule has 0 amide bonds. The Hall–Kier alpha value is -3.36. The molecule has 2 N–H and O–H groups in total. The molecule has 3 aromatic rings. The summed E-state index contributed by atoms with van der Waals surface area (Å²) in [5.41, 5.74) is 5.76. The normalized spacial score (nSPS) is 18.6. The van der Waals surface area contributed by atoms with Crippen molar-refractivity contribution in [2.24, 2.45) is 5.16 Å². The molecule has 1 aromatic heterocycles. The number of nitrogens with zero attached hydrogens (tertiary/aromatic N) is 3. The van der Waals surface area contributed by atoms with Gasteiger partial charge in [0.05, 0.1) is 21.8 Å². The first-order valence-electron chi connectivity index (χ1n) is 12.9. The number of carboxylic acid groups (broad SMARTS) is 2. The van der Waals surface area contributed by atoms with Gasteiger partial charge in [-0.1, -0.05) is 35.0 Å². The molecule has 0 bridgehead atoms. The molecule has 1 aliphatic carbocycles. The van der Waals surface area contributed by atoms with E-state index < -0.39 is 11.9 Å². The summed E-state index contributed by atoms with van der Waals surface area (Å²) < 4.78 is 2.45. The van der Waals surface area contributed by atoms with Crippen molar-refractivity contribution in [3.05, 3.63) is 69.9 Å². The van der Waals surface area contributed by atoms with Crippen LogP contribution in [-0.2, 0) is 16.2 Å². The van der Waals surface area contributed by atoms with Gasteiger partial charge in [-0.3, -0.25) is 9.69 Å². The van der Waals surface area contributed by atoms with Gasteiger partial charge in [-0.05, 0) is 54.7 Å². The van der Waals surface area contributed by atoms with Crippen LogP contribution in [0.2, 0.25) is 5.02 Å². The zero-order chi connectivity index (χ0) is 27.0. The topological polar surface area (TPSA) is 104 Å². The highest BCUT2D eigenvalue weighted by Crippen LogP contribution is 2.42. The van der Waals surface area contributed by atoms with E-state index in [1.165, 1.54) is 34.9 Å². The van der Waals surface area contributed by atoms with E-state index in [9.17, 15) is 4.79 Å². The first-order valence-corrected chi connectivity index (χ1v) is 13.3. The number of hydrogen-bond acceptors (Lipinski definition) is 5. The van der Waals surface area contributed by atoms with Gasteiger partial charge in [0.1, 0.15) is 5.60 Å². The Bertz CT molecular complexity index is 1400. The first kappa shape index (κ1) is 26.3. The number of rotatable bonds is 5. The molecule has 200 valence electrons. The average Bonchev–Trinajstić information content (AvgIpc) is 3.54. The second-order valence-electron chi connectivity index (χ2n) is 10.5. The Kier molecular flexibility index (Phi) is 7.20. The Morgan fingerprint density at radius 2 is 1.76 bits per heavy atom. The third-order valence-corrected chi connectivity index (χ3v) is 7.92. The number of aromatic carboxylic acids is 1. The smallest absolute Gasteiger partial charge is 0.335 e. The maximum Gasteiger partial charge on any atom is 0.335 e. The first-order chi connectivity index (χ1) is 18.2. The second-order valence-corrected chi connectivity index (χ2v) is 11.0. The molecule has 0 atom stereocenters. The van der Waals surface area contributed by atoms with Crippen molar-refractivity contribution in [3.63, 3.8) is 0 Å².